The van der Waals surface area contributed by atoms with Crippen molar-refractivity contribution in [3.63, 3.8) is 0 Å². The minimum atomic E-state index is -1.06. The van der Waals surface area contributed by atoms with Crippen LogP contribution in [-0.4, -0.2) is 35.1 Å². The van der Waals surface area contributed by atoms with Crippen molar-refractivity contribution in [2.45, 2.75) is 12.8 Å². The van der Waals surface area contributed by atoms with Gasteiger partial charge in [-0.25, -0.2) is 0 Å². The first-order valence-electron chi connectivity index (χ1n) is 5.95. The van der Waals surface area contributed by atoms with Crippen LogP contribution in [0.15, 0.2) is 18.2 Å². The zero-order valence-corrected chi connectivity index (χ0v) is 10.9. The van der Waals surface area contributed by atoms with E-state index < -0.39 is 34.9 Å². The molecule has 0 fully saturated rings. The first kappa shape index (κ1) is 16.3. The number of hydrogen-bond acceptors (Lipinski definition) is 5. The molecule has 9 heteroatoms. The standard InChI is InChI=1S/C12H13FN2O6/c13-9-6-8(3-4-10(9)15(19)20)21-7-11(16)14-5-1-2-12(17)18/h3-4,6H,1-2,5,7H2,(H,14,16)(H,17,18). The Labute approximate surface area is 118 Å². The van der Waals surface area contributed by atoms with Crippen molar-refractivity contribution in [2.24, 2.45) is 0 Å². The monoisotopic (exact) mass is 300 g/mol. The molecule has 114 valence electrons. The lowest BCUT2D eigenvalue weighted by molar-refractivity contribution is -0.387. The highest BCUT2D eigenvalue weighted by Crippen LogP contribution is 2.22. The molecule has 8 nitrogen and oxygen atoms in total. The molecule has 0 aliphatic rings. The molecular formula is C12H13FN2O6. The number of aliphatic carboxylic acids is 1. The van der Waals surface area contributed by atoms with Crippen LogP contribution in [0.3, 0.4) is 0 Å². The Hall–Kier alpha value is -2.71. The van der Waals surface area contributed by atoms with Crippen LogP contribution in [0.25, 0.3) is 0 Å². The number of rotatable bonds is 8. The second-order valence-corrected chi connectivity index (χ2v) is 4.01. The van der Waals surface area contributed by atoms with Gasteiger partial charge in [-0.3, -0.25) is 19.7 Å². The van der Waals surface area contributed by atoms with Gasteiger partial charge in [0.05, 0.1) is 4.92 Å². The molecule has 1 rings (SSSR count). The number of amides is 1. The first-order valence-corrected chi connectivity index (χ1v) is 5.95. The maximum absolute atomic E-state index is 13.3. The lowest BCUT2D eigenvalue weighted by Crippen LogP contribution is -2.29. The van der Waals surface area contributed by atoms with E-state index in [4.69, 9.17) is 9.84 Å². The van der Waals surface area contributed by atoms with Crippen LogP contribution in [0, 0.1) is 15.9 Å². The van der Waals surface area contributed by atoms with Gasteiger partial charge >= 0.3 is 11.7 Å². The van der Waals surface area contributed by atoms with Crippen LogP contribution < -0.4 is 10.1 Å². The largest absolute Gasteiger partial charge is 0.484 e. The Bertz CT molecular complexity index is 549. The molecule has 1 aromatic rings. The molecule has 0 saturated carbocycles. The summed E-state index contributed by atoms with van der Waals surface area (Å²) < 4.78 is 18.2. The topological polar surface area (TPSA) is 119 Å². The van der Waals surface area contributed by atoms with Crippen molar-refractivity contribution in [3.8, 4) is 5.75 Å². The lowest BCUT2D eigenvalue weighted by Gasteiger charge is -2.07. The predicted octanol–water partition coefficient (Wildman–Crippen LogP) is 1.09. The number of nitro groups is 1. The van der Waals surface area contributed by atoms with E-state index in [9.17, 15) is 24.1 Å². The third-order valence-electron chi connectivity index (χ3n) is 2.38. The number of nitrogens with one attached hydrogen (secondary N) is 1. The summed E-state index contributed by atoms with van der Waals surface area (Å²) in [4.78, 5) is 31.1. The van der Waals surface area contributed by atoms with E-state index >= 15 is 0 Å². The van der Waals surface area contributed by atoms with Crippen LogP contribution in [0.1, 0.15) is 12.8 Å². The van der Waals surface area contributed by atoms with Crippen molar-refractivity contribution in [3.05, 3.63) is 34.1 Å². The summed E-state index contributed by atoms with van der Waals surface area (Å²) >= 11 is 0. The minimum Gasteiger partial charge on any atom is -0.484 e. The maximum Gasteiger partial charge on any atom is 0.305 e. The number of carboxylic acid groups (broad SMARTS) is 1. The smallest absolute Gasteiger partial charge is 0.305 e. The van der Waals surface area contributed by atoms with E-state index in [1.54, 1.807) is 0 Å². The van der Waals surface area contributed by atoms with Gasteiger partial charge in [0.15, 0.2) is 6.61 Å². The third-order valence-corrected chi connectivity index (χ3v) is 2.38. The van der Waals surface area contributed by atoms with Crippen molar-refractivity contribution in [2.75, 3.05) is 13.2 Å². The molecule has 21 heavy (non-hydrogen) atoms. The van der Waals surface area contributed by atoms with Crippen LogP contribution in [0.5, 0.6) is 5.75 Å². The number of carbonyl (C=O) groups is 2. The van der Waals surface area contributed by atoms with Gasteiger partial charge in [0, 0.05) is 25.1 Å². The number of nitrogens with zero attached hydrogens (tertiary/aromatic N) is 1. The lowest BCUT2D eigenvalue weighted by atomic mass is 10.3. The van der Waals surface area contributed by atoms with Gasteiger partial charge in [-0.15, -0.1) is 0 Å². The number of halogens is 1. The predicted molar refractivity (Wildman–Crippen MR) is 68.4 cm³/mol. The second-order valence-electron chi connectivity index (χ2n) is 4.01. The van der Waals surface area contributed by atoms with Gasteiger partial charge < -0.3 is 15.2 Å². The van der Waals surface area contributed by atoms with E-state index in [2.05, 4.69) is 5.32 Å². The van der Waals surface area contributed by atoms with Crippen molar-refractivity contribution in [1.29, 1.82) is 0 Å². The zero-order chi connectivity index (χ0) is 15.8. The van der Waals surface area contributed by atoms with E-state index in [0.29, 0.717) is 0 Å². The van der Waals surface area contributed by atoms with Gasteiger partial charge in [0.25, 0.3) is 5.91 Å². The van der Waals surface area contributed by atoms with Crippen molar-refractivity contribution < 1.29 is 28.7 Å². The summed E-state index contributed by atoms with van der Waals surface area (Å²) in [6.45, 7) is -0.215. The second kappa shape index (κ2) is 7.78. The molecular weight excluding hydrogens is 287 g/mol. The summed E-state index contributed by atoms with van der Waals surface area (Å²) in [5.41, 5.74) is -0.680. The average Bonchev–Trinajstić information content (AvgIpc) is 2.40. The molecule has 0 radical (unpaired) electrons. The van der Waals surface area contributed by atoms with Crippen LogP contribution in [-0.2, 0) is 9.59 Å². The fraction of sp³-hybridized carbons (Fsp3) is 0.333. The fourth-order valence-corrected chi connectivity index (χ4v) is 1.39. The molecule has 0 atom stereocenters. The van der Waals surface area contributed by atoms with Crippen LogP contribution in [0.4, 0.5) is 10.1 Å². The highest BCUT2D eigenvalue weighted by molar-refractivity contribution is 5.77. The van der Waals surface area contributed by atoms with Crippen LogP contribution >= 0.6 is 0 Å². The molecule has 0 saturated heterocycles. The van der Waals surface area contributed by atoms with Gasteiger partial charge in [-0.05, 0) is 12.5 Å². The molecule has 0 spiro atoms. The SMILES string of the molecule is O=C(O)CCCNC(=O)COc1ccc([N+](=O)[O-])c(F)c1. The molecule has 1 aromatic carbocycles. The number of benzene rings is 1. The summed E-state index contributed by atoms with van der Waals surface area (Å²) in [7, 11) is 0. The summed E-state index contributed by atoms with van der Waals surface area (Å²) in [5.74, 6) is -2.53. The normalized spacial score (nSPS) is 9.95. The van der Waals surface area contributed by atoms with Crippen molar-refractivity contribution >= 4 is 17.6 Å². The maximum atomic E-state index is 13.3. The molecule has 0 aromatic heterocycles. The Morgan fingerprint density at radius 2 is 2.14 bits per heavy atom. The molecule has 0 bridgehead atoms. The first-order chi connectivity index (χ1) is 9.90. The Kier molecular flexibility index (Phi) is 6.05. The van der Waals surface area contributed by atoms with E-state index in [-0.39, 0.29) is 25.1 Å². The van der Waals surface area contributed by atoms with E-state index in [1.807, 2.05) is 0 Å². The summed E-state index contributed by atoms with van der Waals surface area (Å²) in [6.07, 6.45) is 0.224. The van der Waals surface area contributed by atoms with Gasteiger partial charge in [-0.1, -0.05) is 0 Å². The minimum absolute atomic E-state index is 0.0150. The molecule has 0 unspecified atom stereocenters. The third kappa shape index (κ3) is 5.85. The quantitative estimate of drug-likeness (QED) is 0.421. The molecule has 0 aliphatic heterocycles. The fourth-order valence-electron chi connectivity index (χ4n) is 1.39. The summed E-state index contributed by atoms with van der Waals surface area (Å²) in [5, 5.41) is 21.2. The number of nitro benzene ring substituents is 1. The molecule has 1 amide bonds. The number of ether oxygens (including phenoxy) is 1. The Morgan fingerprint density at radius 3 is 2.71 bits per heavy atom. The number of carbonyl (C=O) groups excluding carboxylic acids is 1. The molecule has 2 N–H and O–H groups in total. The van der Waals surface area contributed by atoms with Gasteiger partial charge in [0.1, 0.15) is 5.75 Å². The van der Waals surface area contributed by atoms with E-state index in [1.165, 1.54) is 6.07 Å². The van der Waals surface area contributed by atoms with Crippen LogP contribution in [0.2, 0.25) is 0 Å². The Morgan fingerprint density at radius 1 is 1.43 bits per heavy atom. The zero-order valence-electron chi connectivity index (χ0n) is 10.9. The average molecular weight is 300 g/mol. The van der Waals surface area contributed by atoms with E-state index in [0.717, 1.165) is 12.1 Å². The molecule has 0 aliphatic carbocycles. The van der Waals surface area contributed by atoms with Gasteiger partial charge in [-0.2, -0.15) is 4.39 Å². The Balaban J connectivity index is 2.38. The van der Waals surface area contributed by atoms with Crippen molar-refractivity contribution in [1.82, 2.24) is 5.32 Å². The number of hydrogen-bond donors (Lipinski definition) is 2. The number of carboxylic acids is 1. The summed E-state index contributed by atoms with van der Waals surface area (Å²) in [6, 6.07) is 2.93. The highest BCUT2D eigenvalue weighted by Gasteiger charge is 2.14. The van der Waals surface area contributed by atoms with Gasteiger partial charge in [0.2, 0.25) is 5.82 Å². The molecule has 0 heterocycles. The highest BCUT2D eigenvalue weighted by atomic mass is 19.1.